The fourth-order valence-electron chi connectivity index (χ4n) is 2.57. The monoisotopic (exact) mass is 366 g/mol. The molecule has 3 aromatic rings. The summed E-state index contributed by atoms with van der Waals surface area (Å²) in [5, 5.41) is 11.3. The standard InChI is InChI=1S/C20H22N4OS/c1-14(2)20-23-22-19-11-10-17(13-24(19)20)26-18-9-5-4-7-16(18)8-6-12-21-15(3)25/h4-11,13-14H,12H2,1-3H3,(H,21,25). The number of nitrogens with zero attached hydrogens (tertiary/aromatic N) is 3. The van der Waals surface area contributed by atoms with E-state index in [4.69, 9.17) is 0 Å². The van der Waals surface area contributed by atoms with Crippen molar-refractivity contribution in [2.45, 2.75) is 36.5 Å². The third-order valence-corrected chi connectivity index (χ3v) is 4.90. The normalized spacial score (nSPS) is 11.5. The Morgan fingerprint density at radius 1 is 1.23 bits per heavy atom. The van der Waals surface area contributed by atoms with E-state index in [-0.39, 0.29) is 5.91 Å². The quantitative estimate of drug-likeness (QED) is 0.712. The predicted octanol–water partition coefficient (Wildman–Crippen LogP) is 4.15. The van der Waals surface area contributed by atoms with Crippen LogP contribution >= 0.6 is 11.8 Å². The number of aromatic nitrogens is 3. The summed E-state index contributed by atoms with van der Waals surface area (Å²) in [4.78, 5) is 13.2. The van der Waals surface area contributed by atoms with E-state index in [0.717, 1.165) is 26.8 Å². The van der Waals surface area contributed by atoms with Gasteiger partial charge in [0.1, 0.15) is 5.82 Å². The average molecular weight is 366 g/mol. The van der Waals surface area contributed by atoms with Crippen LogP contribution in [0.15, 0.2) is 58.5 Å². The van der Waals surface area contributed by atoms with Gasteiger partial charge in [-0.25, -0.2) is 0 Å². The minimum absolute atomic E-state index is 0.0273. The van der Waals surface area contributed by atoms with Gasteiger partial charge in [0.15, 0.2) is 5.65 Å². The highest BCUT2D eigenvalue weighted by Gasteiger charge is 2.10. The Bertz CT molecular complexity index is 946. The largest absolute Gasteiger partial charge is 0.353 e. The van der Waals surface area contributed by atoms with Crippen LogP contribution in [0.1, 0.15) is 38.1 Å². The summed E-state index contributed by atoms with van der Waals surface area (Å²) in [5.74, 6) is 1.25. The Morgan fingerprint density at radius 3 is 2.81 bits per heavy atom. The van der Waals surface area contributed by atoms with Crippen molar-refractivity contribution in [1.82, 2.24) is 19.9 Å². The molecule has 0 atom stereocenters. The molecular formula is C20H22N4OS. The van der Waals surface area contributed by atoms with Crippen molar-refractivity contribution in [3.8, 4) is 0 Å². The Hall–Kier alpha value is -2.60. The van der Waals surface area contributed by atoms with Crippen LogP contribution < -0.4 is 5.32 Å². The summed E-state index contributed by atoms with van der Waals surface area (Å²) in [6.45, 7) is 6.28. The van der Waals surface area contributed by atoms with Crippen LogP contribution in [0.3, 0.4) is 0 Å². The molecule has 0 aliphatic carbocycles. The van der Waals surface area contributed by atoms with Crippen LogP contribution in [0, 0.1) is 0 Å². The Kier molecular flexibility index (Phi) is 5.73. The molecule has 1 amide bonds. The first-order chi connectivity index (χ1) is 12.5. The number of benzene rings is 1. The molecule has 0 bridgehead atoms. The number of rotatable bonds is 6. The first kappa shape index (κ1) is 18.2. The van der Waals surface area contributed by atoms with Crippen molar-refractivity contribution in [2.24, 2.45) is 0 Å². The van der Waals surface area contributed by atoms with E-state index in [1.54, 1.807) is 11.8 Å². The van der Waals surface area contributed by atoms with Gasteiger partial charge in [-0.2, -0.15) is 0 Å². The molecule has 0 aliphatic rings. The fraction of sp³-hybridized carbons (Fsp3) is 0.250. The molecule has 0 saturated heterocycles. The SMILES string of the molecule is CC(=O)NCC=Cc1ccccc1Sc1ccc2nnc(C(C)C)n2c1. The summed E-state index contributed by atoms with van der Waals surface area (Å²) < 4.78 is 2.06. The van der Waals surface area contributed by atoms with Crippen LogP contribution in [0.5, 0.6) is 0 Å². The number of hydrogen-bond acceptors (Lipinski definition) is 4. The summed E-state index contributed by atoms with van der Waals surface area (Å²) >= 11 is 1.70. The second kappa shape index (κ2) is 8.19. The maximum Gasteiger partial charge on any atom is 0.217 e. The van der Waals surface area contributed by atoms with Gasteiger partial charge in [0.2, 0.25) is 5.91 Å². The molecule has 2 heterocycles. The molecule has 6 heteroatoms. The number of carbonyl (C=O) groups excluding carboxylic acids is 1. The fourth-order valence-corrected chi connectivity index (χ4v) is 3.52. The van der Waals surface area contributed by atoms with Crippen molar-refractivity contribution in [1.29, 1.82) is 0 Å². The average Bonchev–Trinajstić information content (AvgIpc) is 3.03. The van der Waals surface area contributed by atoms with Crippen molar-refractivity contribution in [2.75, 3.05) is 6.54 Å². The van der Waals surface area contributed by atoms with E-state index in [9.17, 15) is 4.79 Å². The number of hydrogen-bond donors (Lipinski definition) is 1. The molecule has 1 aromatic carbocycles. The minimum Gasteiger partial charge on any atom is -0.353 e. The highest BCUT2D eigenvalue weighted by atomic mass is 32.2. The van der Waals surface area contributed by atoms with Gasteiger partial charge in [0.05, 0.1) is 0 Å². The summed E-state index contributed by atoms with van der Waals surface area (Å²) in [5.41, 5.74) is 1.98. The van der Waals surface area contributed by atoms with Gasteiger partial charge in [0, 0.05) is 35.4 Å². The van der Waals surface area contributed by atoms with E-state index in [2.05, 4.69) is 58.2 Å². The molecule has 0 unspecified atom stereocenters. The van der Waals surface area contributed by atoms with E-state index >= 15 is 0 Å². The molecule has 5 nitrogen and oxygen atoms in total. The molecule has 1 N–H and O–H groups in total. The first-order valence-corrected chi connectivity index (χ1v) is 9.39. The number of pyridine rings is 1. The molecule has 26 heavy (non-hydrogen) atoms. The van der Waals surface area contributed by atoms with Crippen LogP contribution in [0.2, 0.25) is 0 Å². The Labute approximate surface area is 157 Å². The lowest BCUT2D eigenvalue weighted by Crippen LogP contribution is -2.19. The third kappa shape index (κ3) is 4.32. The van der Waals surface area contributed by atoms with Crippen molar-refractivity contribution >= 4 is 29.4 Å². The highest BCUT2D eigenvalue weighted by Crippen LogP contribution is 2.31. The Morgan fingerprint density at radius 2 is 2.04 bits per heavy atom. The van der Waals surface area contributed by atoms with Gasteiger partial charge in [-0.1, -0.05) is 56.0 Å². The zero-order chi connectivity index (χ0) is 18.5. The molecule has 0 fully saturated rings. The topological polar surface area (TPSA) is 59.3 Å². The minimum atomic E-state index is -0.0273. The first-order valence-electron chi connectivity index (χ1n) is 8.57. The summed E-state index contributed by atoms with van der Waals surface area (Å²) in [6, 6.07) is 12.3. The third-order valence-electron chi connectivity index (χ3n) is 3.83. The summed E-state index contributed by atoms with van der Waals surface area (Å²) in [7, 11) is 0. The number of fused-ring (bicyclic) bond motifs is 1. The number of carbonyl (C=O) groups is 1. The van der Waals surface area contributed by atoms with E-state index < -0.39 is 0 Å². The van der Waals surface area contributed by atoms with Crippen LogP contribution in [0.25, 0.3) is 11.7 Å². The second-order valence-corrected chi connectivity index (χ2v) is 7.40. The molecule has 0 aliphatic heterocycles. The van der Waals surface area contributed by atoms with Crippen molar-refractivity contribution in [3.05, 3.63) is 60.1 Å². The molecule has 2 aromatic heterocycles. The van der Waals surface area contributed by atoms with Crippen molar-refractivity contribution in [3.63, 3.8) is 0 Å². The molecule has 0 radical (unpaired) electrons. The zero-order valence-electron chi connectivity index (χ0n) is 15.1. The maximum atomic E-state index is 11.0. The van der Waals surface area contributed by atoms with Gasteiger partial charge in [-0.05, 0) is 23.8 Å². The molecule has 3 rings (SSSR count). The lowest BCUT2D eigenvalue weighted by atomic mass is 10.2. The highest BCUT2D eigenvalue weighted by molar-refractivity contribution is 7.99. The number of nitrogens with one attached hydrogen (secondary N) is 1. The maximum absolute atomic E-state index is 11.0. The van der Waals surface area contributed by atoms with Gasteiger partial charge >= 0.3 is 0 Å². The van der Waals surface area contributed by atoms with E-state index in [1.165, 1.54) is 6.92 Å². The van der Waals surface area contributed by atoms with Gasteiger partial charge < -0.3 is 5.32 Å². The lowest BCUT2D eigenvalue weighted by Gasteiger charge is -2.08. The number of amides is 1. The molecule has 0 spiro atoms. The lowest BCUT2D eigenvalue weighted by molar-refractivity contribution is -0.118. The van der Waals surface area contributed by atoms with Gasteiger partial charge in [-0.3, -0.25) is 9.20 Å². The van der Waals surface area contributed by atoms with E-state index in [1.807, 2.05) is 30.4 Å². The van der Waals surface area contributed by atoms with Gasteiger partial charge in [0.25, 0.3) is 0 Å². The predicted molar refractivity (Wildman–Crippen MR) is 105 cm³/mol. The van der Waals surface area contributed by atoms with Crippen LogP contribution in [-0.2, 0) is 4.79 Å². The van der Waals surface area contributed by atoms with Gasteiger partial charge in [-0.15, -0.1) is 10.2 Å². The van der Waals surface area contributed by atoms with Crippen LogP contribution in [0.4, 0.5) is 0 Å². The smallest absolute Gasteiger partial charge is 0.217 e. The van der Waals surface area contributed by atoms with Crippen LogP contribution in [-0.4, -0.2) is 27.0 Å². The van der Waals surface area contributed by atoms with E-state index in [0.29, 0.717) is 12.5 Å². The second-order valence-electron chi connectivity index (χ2n) is 6.29. The summed E-state index contributed by atoms with van der Waals surface area (Å²) in [6.07, 6.45) is 6.09. The Balaban J connectivity index is 1.83. The van der Waals surface area contributed by atoms with Crippen molar-refractivity contribution < 1.29 is 4.79 Å². The molecule has 0 saturated carbocycles. The zero-order valence-corrected chi connectivity index (χ0v) is 16.0. The molecule has 134 valence electrons. The molecular weight excluding hydrogens is 344 g/mol.